The van der Waals surface area contributed by atoms with E-state index in [0.717, 1.165) is 30.4 Å². The summed E-state index contributed by atoms with van der Waals surface area (Å²) in [6, 6.07) is 3.62. The van der Waals surface area contributed by atoms with Gasteiger partial charge in [-0.2, -0.15) is 4.31 Å². The monoisotopic (exact) mass is 374 g/mol. The molecule has 0 spiro atoms. The second-order valence-corrected chi connectivity index (χ2v) is 8.41. The van der Waals surface area contributed by atoms with E-state index in [4.69, 9.17) is 5.73 Å². The van der Waals surface area contributed by atoms with Gasteiger partial charge in [0, 0.05) is 24.1 Å². The average molecular weight is 375 g/mol. The number of benzene rings is 1. The van der Waals surface area contributed by atoms with Gasteiger partial charge in [-0.25, -0.2) is 8.42 Å². The molecule has 1 atom stereocenters. The molecule has 0 bridgehead atoms. The molecule has 6 heteroatoms. The lowest BCUT2D eigenvalue weighted by Gasteiger charge is -2.31. The first kappa shape index (κ1) is 16.9. The van der Waals surface area contributed by atoms with Crippen molar-refractivity contribution in [1.29, 1.82) is 0 Å². The Labute approximate surface area is 135 Å². The number of rotatable bonds is 4. The van der Waals surface area contributed by atoms with Crippen molar-refractivity contribution in [2.75, 3.05) is 13.1 Å². The van der Waals surface area contributed by atoms with E-state index in [1.165, 1.54) is 0 Å². The Balaban J connectivity index is 2.41. The van der Waals surface area contributed by atoms with Crippen LogP contribution < -0.4 is 5.73 Å². The molecule has 0 aliphatic carbocycles. The lowest BCUT2D eigenvalue weighted by atomic mass is 9.97. The zero-order valence-corrected chi connectivity index (χ0v) is 15.0. The lowest BCUT2D eigenvalue weighted by Crippen LogP contribution is -2.39. The quantitative estimate of drug-likeness (QED) is 0.880. The van der Waals surface area contributed by atoms with Gasteiger partial charge >= 0.3 is 0 Å². The summed E-state index contributed by atoms with van der Waals surface area (Å²) in [5.74, 6) is 0.464. The van der Waals surface area contributed by atoms with Crippen molar-refractivity contribution in [3.8, 4) is 0 Å². The summed E-state index contributed by atoms with van der Waals surface area (Å²) in [5, 5.41) is 0. The van der Waals surface area contributed by atoms with Crippen molar-refractivity contribution < 1.29 is 8.42 Å². The van der Waals surface area contributed by atoms with Gasteiger partial charge in [0.05, 0.1) is 4.90 Å². The highest BCUT2D eigenvalue weighted by Gasteiger charge is 2.31. The molecule has 1 saturated heterocycles. The smallest absolute Gasteiger partial charge is 0.244 e. The first-order chi connectivity index (χ1) is 9.90. The molecular weight excluding hydrogens is 352 g/mol. The van der Waals surface area contributed by atoms with Crippen LogP contribution in [-0.2, 0) is 16.6 Å². The van der Waals surface area contributed by atoms with Gasteiger partial charge in [0.1, 0.15) is 0 Å². The second-order valence-electron chi connectivity index (χ2n) is 5.71. The largest absolute Gasteiger partial charge is 0.326 e. The molecule has 0 amide bonds. The first-order valence-corrected chi connectivity index (χ1v) is 9.62. The summed E-state index contributed by atoms with van der Waals surface area (Å²) in [7, 11) is -3.46. The molecule has 0 aromatic heterocycles. The normalized spacial score (nSPS) is 20.7. The molecule has 0 saturated carbocycles. The highest BCUT2D eigenvalue weighted by molar-refractivity contribution is 9.10. The zero-order chi connectivity index (χ0) is 15.6. The molecule has 1 aliphatic rings. The lowest BCUT2D eigenvalue weighted by molar-refractivity contribution is 0.261. The molecule has 4 nitrogen and oxygen atoms in total. The van der Waals surface area contributed by atoms with Gasteiger partial charge in [-0.15, -0.1) is 0 Å². The Bertz CT molecular complexity index is 616. The van der Waals surface area contributed by atoms with Gasteiger partial charge in [0.25, 0.3) is 0 Å². The van der Waals surface area contributed by atoms with Crippen LogP contribution in [0.5, 0.6) is 0 Å². The number of hydrogen-bond acceptors (Lipinski definition) is 3. The predicted octanol–water partition coefficient (Wildman–Crippen LogP) is 3.03. The molecule has 1 heterocycles. The van der Waals surface area contributed by atoms with Gasteiger partial charge in [0.15, 0.2) is 0 Å². The summed E-state index contributed by atoms with van der Waals surface area (Å²) in [4.78, 5) is 0.347. The molecule has 1 aliphatic heterocycles. The van der Waals surface area contributed by atoms with Crippen LogP contribution in [0.4, 0.5) is 0 Å². The third-order valence-electron chi connectivity index (χ3n) is 4.19. The zero-order valence-electron chi connectivity index (χ0n) is 12.6. The van der Waals surface area contributed by atoms with Crippen LogP contribution in [0.3, 0.4) is 0 Å². The Morgan fingerprint density at radius 3 is 2.76 bits per heavy atom. The van der Waals surface area contributed by atoms with Gasteiger partial charge < -0.3 is 5.73 Å². The Hall–Kier alpha value is -0.430. The van der Waals surface area contributed by atoms with Crippen molar-refractivity contribution in [2.24, 2.45) is 11.7 Å². The highest BCUT2D eigenvalue weighted by Crippen LogP contribution is 2.32. The van der Waals surface area contributed by atoms with Gasteiger partial charge in [0.2, 0.25) is 10.0 Å². The molecule has 1 aromatic carbocycles. The van der Waals surface area contributed by atoms with Crippen LogP contribution in [0.25, 0.3) is 0 Å². The van der Waals surface area contributed by atoms with Crippen LogP contribution in [-0.4, -0.2) is 25.8 Å². The third-order valence-corrected chi connectivity index (χ3v) is 7.40. The standard InChI is InChI=1S/C15H23BrN2O2S/c1-3-12-5-4-6-18(10-12)21(19,20)14-8-13(9-17)7-11(2)15(14)16/h7-8,12H,3-6,9-10,17H2,1-2H3. The van der Waals surface area contributed by atoms with Gasteiger partial charge in [-0.1, -0.05) is 19.4 Å². The fourth-order valence-electron chi connectivity index (χ4n) is 2.83. The number of halogens is 1. The SMILES string of the molecule is CCC1CCCN(S(=O)(=O)c2cc(CN)cc(C)c2Br)C1. The molecule has 1 fully saturated rings. The number of sulfonamides is 1. The maximum absolute atomic E-state index is 12.9. The summed E-state index contributed by atoms with van der Waals surface area (Å²) in [5.41, 5.74) is 7.43. The summed E-state index contributed by atoms with van der Waals surface area (Å²) >= 11 is 3.43. The summed E-state index contributed by atoms with van der Waals surface area (Å²) in [6.45, 7) is 5.59. The number of piperidine rings is 1. The van der Waals surface area contributed by atoms with E-state index >= 15 is 0 Å². The molecule has 1 aromatic rings. The number of hydrogen-bond donors (Lipinski definition) is 1. The van der Waals surface area contributed by atoms with Crippen molar-refractivity contribution >= 4 is 26.0 Å². The predicted molar refractivity (Wildman–Crippen MR) is 88.5 cm³/mol. The minimum Gasteiger partial charge on any atom is -0.326 e. The van der Waals surface area contributed by atoms with E-state index in [2.05, 4.69) is 22.9 Å². The molecule has 1 unspecified atom stereocenters. The minimum atomic E-state index is -3.46. The van der Waals surface area contributed by atoms with E-state index in [0.29, 0.717) is 34.9 Å². The number of nitrogens with two attached hydrogens (primary N) is 1. The van der Waals surface area contributed by atoms with Crippen LogP contribution in [0.15, 0.2) is 21.5 Å². The van der Waals surface area contributed by atoms with E-state index < -0.39 is 10.0 Å². The molecule has 0 radical (unpaired) electrons. The van der Waals surface area contributed by atoms with E-state index in [1.54, 1.807) is 10.4 Å². The Morgan fingerprint density at radius 1 is 1.43 bits per heavy atom. The van der Waals surface area contributed by atoms with E-state index in [9.17, 15) is 8.42 Å². The van der Waals surface area contributed by atoms with Crippen molar-refractivity contribution in [2.45, 2.75) is 44.6 Å². The first-order valence-electron chi connectivity index (χ1n) is 7.39. The molecule has 2 N–H and O–H groups in total. The van der Waals surface area contributed by atoms with Crippen LogP contribution in [0.2, 0.25) is 0 Å². The van der Waals surface area contributed by atoms with Crippen LogP contribution in [0.1, 0.15) is 37.3 Å². The third kappa shape index (κ3) is 3.50. The molecular formula is C15H23BrN2O2S. The number of aryl methyl sites for hydroxylation is 1. The van der Waals surface area contributed by atoms with Crippen molar-refractivity contribution in [3.63, 3.8) is 0 Å². The Kier molecular flexibility index (Phi) is 5.46. The van der Waals surface area contributed by atoms with Gasteiger partial charge in [-0.3, -0.25) is 0 Å². The van der Waals surface area contributed by atoms with Crippen LogP contribution >= 0.6 is 15.9 Å². The van der Waals surface area contributed by atoms with Crippen molar-refractivity contribution in [3.05, 3.63) is 27.7 Å². The molecule has 118 valence electrons. The fraction of sp³-hybridized carbons (Fsp3) is 0.600. The average Bonchev–Trinajstić information content (AvgIpc) is 2.49. The van der Waals surface area contributed by atoms with Crippen LogP contribution in [0, 0.1) is 12.8 Å². The fourth-order valence-corrected chi connectivity index (χ4v) is 5.42. The van der Waals surface area contributed by atoms with Gasteiger partial charge in [-0.05, 0) is 58.8 Å². The second kappa shape index (κ2) is 6.77. The maximum atomic E-state index is 12.9. The number of nitrogens with zero attached hydrogens (tertiary/aromatic N) is 1. The Morgan fingerprint density at radius 2 is 2.14 bits per heavy atom. The highest BCUT2D eigenvalue weighted by atomic mass is 79.9. The van der Waals surface area contributed by atoms with E-state index in [1.807, 2.05) is 13.0 Å². The topological polar surface area (TPSA) is 63.4 Å². The summed E-state index contributed by atoms with van der Waals surface area (Å²) < 4.78 is 28.2. The maximum Gasteiger partial charge on any atom is 0.244 e. The van der Waals surface area contributed by atoms with E-state index in [-0.39, 0.29) is 0 Å². The van der Waals surface area contributed by atoms with Crippen molar-refractivity contribution in [1.82, 2.24) is 4.31 Å². The molecule has 2 rings (SSSR count). The minimum absolute atomic E-state index is 0.341. The summed E-state index contributed by atoms with van der Waals surface area (Å²) in [6.07, 6.45) is 3.07. The molecule has 21 heavy (non-hydrogen) atoms.